The summed E-state index contributed by atoms with van der Waals surface area (Å²) in [5.74, 6) is 1.27. The molecule has 0 aromatic heterocycles. The van der Waals surface area contributed by atoms with Gasteiger partial charge in [0.15, 0.2) is 0 Å². The molecule has 4 N–H and O–H groups in total. The van der Waals surface area contributed by atoms with Gasteiger partial charge in [0, 0.05) is 12.1 Å². The Hall–Kier alpha value is -0.0800. The Labute approximate surface area is 140 Å². The first kappa shape index (κ1) is 21.9. The Morgan fingerprint density at radius 1 is 0.455 bits per heavy atom. The van der Waals surface area contributed by atoms with E-state index in [0.717, 1.165) is 0 Å². The zero-order valence-electron chi connectivity index (χ0n) is 15.9. The summed E-state index contributed by atoms with van der Waals surface area (Å²) in [4.78, 5) is 0. The molecule has 0 fully saturated rings. The lowest BCUT2D eigenvalue weighted by Crippen LogP contribution is -2.25. The predicted molar refractivity (Wildman–Crippen MR) is 101 cm³/mol. The molecule has 0 aliphatic rings. The van der Waals surface area contributed by atoms with Gasteiger partial charge in [-0.15, -0.1) is 0 Å². The zero-order valence-corrected chi connectivity index (χ0v) is 15.9. The van der Waals surface area contributed by atoms with Gasteiger partial charge in [-0.25, -0.2) is 0 Å². The highest BCUT2D eigenvalue weighted by Gasteiger charge is 2.07. The molecule has 0 aromatic rings. The number of rotatable bonds is 15. The first-order valence-electron chi connectivity index (χ1n) is 9.96. The summed E-state index contributed by atoms with van der Waals surface area (Å²) in [6.45, 7) is 8.89. The van der Waals surface area contributed by atoms with Gasteiger partial charge in [0.2, 0.25) is 0 Å². The third-order valence-corrected chi connectivity index (χ3v) is 5.04. The molecule has 0 saturated heterocycles. The highest BCUT2D eigenvalue weighted by molar-refractivity contribution is 4.65. The molecule has 0 aromatic carbocycles. The van der Waals surface area contributed by atoms with E-state index in [1.165, 1.54) is 77.0 Å². The molecule has 0 radical (unpaired) electrons. The lowest BCUT2D eigenvalue weighted by Gasteiger charge is -2.15. The van der Waals surface area contributed by atoms with Gasteiger partial charge in [-0.05, 0) is 24.7 Å². The summed E-state index contributed by atoms with van der Waals surface area (Å²) in [7, 11) is 0. The van der Waals surface area contributed by atoms with Gasteiger partial charge in [-0.3, -0.25) is 0 Å². The standard InChI is InChI=1S/C20H44N2/c1-17(2)19(21)15-13-11-9-7-5-6-8-10-12-14-16-20(22)18(3)4/h17-20H,5-16,21-22H2,1-4H3. The van der Waals surface area contributed by atoms with Gasteiger partial charge in [-0.1, -0.05) is 91.9 Å². The second kappa shape index (κ2) is 14.5. The van der Waals surface area contributed by atoms with E-state index in [4.69, 9.17) is 11.5 Å². The topological polar surface area (TPSA) is 52.0 Å². The molecule has 0 aliphatic carbocycles. The maximum Gasteiger partial charge on any atom is 0.00618 e. The van der Waals surface area contributed by atoms with Gasteiger partial charge in [-0.2, -0.15) is 0 Å². The van der Waals surface area contributed by atoms with Crippen molar-refractivity contribution in [3.05, 3.63) is 0 Å². The summed E-state index contributed by atoms with van der Waals surface area (Å²) in [6, 6.07) is 0.813. The minimum Gasteiger partial charge on any atom is -0.327 e. The van der Waals surface area contributed by atoms with Crippen LogP contribution in [0.2, 0.25) is 0 Å². The van der Waals surface area contributed by atoms with Crippen molar-refractivity contribution in [2.75, 3.05) is 0 Å². The average molecular weight is 313 g/mol. The molecule has 2 unspecified atom stereocenters. The monoisotopic (exact) mass is 312 g/mol. The smallest absolute Gasteiger partial charge is 0.00618 e. The molecule has 0 amide bonds. The van der Waals surface area contributed by atoms with Crippen molar-refractivity contribution in [2.24, 2.45) is 23.3 Å². The molecule has 0 heterocycles. The normalized spacial score (nSPS) is 14.7. The van der Waals surface area contributed by atoms with Gasteiger partial charge in [0.05, 0.1) is 0 Å². The molecule has 0 saturated carbocycles. The van der Waals surface area contributed by atoms with E-state index in [0.29, 0.717) is 23.9 Å². The SMILES string of the molecule is CC(C)C(N)CCCCCCCCCCCCC(N)C(C)C. The fourth-order valence-electron chi connectivity index (χ4n) is 2.84. The molecule has 0 spiro atoms. The number of hydrogen-bond acceptors (Lipinski definition) is 2. The van der Waals surface area contributed by atoms with Crippen molar-refractivity contribution >= 4 is 0 Å². The van der Waals surface area contributed by atoms with Crippen LogP contribution in [0, 0.1) is 11.8 Å². The van der Waals surface area contributed by atoms with Crippen molar-refractivity contribution in [1.29, 1.82) is 0 Å². The van der Waals surface area contributed by atoms with Gasteiger partial charge in [0.25, 0.3) is 0 Å². The summed E-state index contributed by atoms with van der Waals surface area (Å²) >= 11 is 0. The molecule has 2 nitrogen and oxygen atoms in total. The highest BCUT2D eigenvalue weighted by atomic mass is 14.6. The van der Waals surface area contributed by atoms with Crippen LogP contribution in [0.1, 0.15) is 105 Å². The summed E-state index contributed by atoms with van der Waals surface area (Å²) in [5, 5.41) is 0. The van der Waals surface area contributed by atoms with Gasteiger partial charge in [0.1, 0.15) is 0 Å². The maximum absolute atomic E-state index is 6.06. The van der Waals surface area contributed by atoms with Gasteiger partial charge < -0.3 is 11.5 Å². The van der Waals surface area contributed by atoms with Crippen LogP contribution in [-0.4, -0.2) is 12.1 Å². The molecule has 0 aliphatic heterocycles. The maximum atomic E-state index is 6.06. The Morgan fingerprint density at radius 2 is 0.682 bits per heavy atom. The molecule has 134 valence electrons. The second-order valence-corrected chi connectivity index (χ2v) is 7.93. The molecule has 2 heteroatoms. The van der Waals surface area contributed by atoms with Crippen LogP contribution in [-0.2, 0) is 0 Å². The number of nitrogens with two attached hydrogens (primary N) is 2. The van der Waals surface area contributed by atoms with E-state index in [9.17, 15) is 0 Å². The lowest BCUT2D eigenvalue weighted by molar-refractivity contribution is 0.434. The molecular formula is C20H44N2. The van der Waals surface area contributed by atoms with Crippen molar-refractivity contribution in [3.63, 3.8) is 0 Å². The summed E-state index contributed by atoms with van der Waals surface area (Å²) in [5.41, 5.74) is 12.1. The average Bonchev–Trinajstić information content (AvgIpc) is 2.47. The fraction of sp³-hybridized carbons (Fsp3) is 1.00. The first-order chi connectivity index (χ1) is 10.4. The van der Waals surface area contributed by atoms with Crippen LogP contribution in [0.15, 0.2) is 0 Å². The lowest BCUT2D eigenvalue weighted by atomic mass is 9.97. The van der Waals surface area contributed by atoms with Crippen LogP contribution in [0.4, 0.5) is 0 Å². The zero-order chi connectivity index (χ0) is 16.8. The van der Waals surface area contributed by atoms with Crippen LogP contribution in [0.3, 0.4) is 0 Å². The third kappa shape index (κ3) is 13.6. The molecule has 2 atom stereocenters. The van der Waals surface area contributed by atoms with Crippen molar-refractivity contribution in [2.45, 2.75) is 117 Å². The number of unbranched alkanes of at least 4 members (excludes halogenated alkanes) is 9. The van der Waals surface area contributed by atoms with Crippen molar-refractivity contribution < 1.29 is 0 Å². The molecule has 0 rings (SSSR count). The quantitative estimate of drug-likeness (QED) is 0.385. The van der Waals surface area contributed by atoms with E-state index in [2.05, 4.69) is 27.7 Å². The van der Waals surface area contributed by atoms with Gasteiger partial charge >= 0.3 is 0 Å². The predicted octanol–water partition coefficient (Wildman–Crippen LogP) is 5.63. The van der Waals surface area contributed by atoms with Crippen molar-refractivity contribution in [3.8, 4) is 0 Å². The highest BCUT2D eigenvalue weighted by Crippen LogP contribution is 2.14. The van der Waals surface area contributed by atoms with E-state index in [1.54, 1.807) is 0 Å². The third-order valence-electron chi connectivity index (χ3n) is 5.04. The molecular weight excluding hydrogens is 268 g/mol. The Balaban J connectivity index is 3.15. The Kier molecular flexibility index (Phi) is 14.5. The van der Waals surface area contributed by atoms with E-state index in [-0.39, 0.29) is 0 Å². The second-order valence-electron chi connectivity index (χ2n) is 7.93. The summed E-state index contributed by atoms with van der Waals surface area (Å²) < 4.78 is 0. The van der Waals surface area contributed by atoms with Crippen LogP contribution >= 0.6 is 0 Å². The van der Waals surface area contributed by atoms with Crippen LogP contribution in [0.5, 0.6) is 0 Å². The molecule has 22 heavy (non-hydrogen) atoms. The number of hydrogen-bond donors (Lipinski definition) is 2. The van der Waals surface area contributed by atoms with Crippen molar-refractivity contribution in [1.82, 2.24) is 0 Å². The van der Waals surface area contributed by atoms with E-state index >= 15 is 0 Å². The van der Waals surface area contributed by atoms with E-state index < -0.39 is 0 Å². The van der Waals surface area contributed by atoms with Crippen LogP contribution < -0.4 is 11.5 Å². The van der Waals surface area contributed by atoms with Crippen LogP contribution in [0.25, 0.3) is 0 Å². The Bertz CT molecular complexity index is 202. The minimum absolute atomic E-state index is 0.406. The molecule has 0 bridgehead atoms. The largest absolute Gasteiger partial charge is 0.327 e. The first-order valence-corrected chi connectivity index (χ1v) is 9.96. The minimum atomic E-state index is 0.406. The Morgan fingerprint density at radius 3 is 0.909 bits per heavy atom. The fourth-order valence-corrected chi connectivity index (χ4v) is 2.84. The van der Waals surface area contributed by atoms with E-state index in [1.807, 2.05) is 0 Å². The summed E-state index contributed by atoms with van der Waals surface area (Å²) in [6.07, 6.45) is 16.2.